The lowest BCUT2D eigenvalue weighted by molar-refractivity contribution is -0.150. The van der Waals surface area contributed by atoms with Crippen molar-refractivity contribution in [3.63, 3.8) is 0 Å². The smallest absolute Gasteiger partial charge is 0.308 e. The summed E-state index contributed by atoms with van der Waals surface area (Å²) in [5.41, 5.74) is 1.05. The first kappa shape index (κ1) is 15.1. The molecule has 1 fully saturated rings. The van der Waals surface area contributed by atoms with Crippen molar-refractivity contribution in [1.29, 1.82) is 0 Å². The molecule has 110 valence electrons. The highest BCUT2D eigenvalue weighted by Gasteiger charge is 2.26. The summed E-state index contributed by atoms with van der Waals surface area (Å²) in [6.45, 7) is 4.73. The van der Waals surface area contributed by atoms with Gasteiger partial charge in [-0.2, -0.15) is 0 Å². The van der Waals surface area contributed by atoms with E-state index in [-0.39, 0.29) is 11.9 Å². The SMILES string of the molecule is C[C@@H](C[C@@H]1CCCC[C@@H]1C)C(=O)OCc1ccccc1. The molecule has 0 radical (unpaired) electrons. The maximum absolute atomic E-state index is 12.1. The number of hydrogen-bond donors (Lipinski definition) is 0. The molecule has 0 saturated heterocycles. The van der Waals surface area contributed by atoms with E-state index in [1.165, 1.54) is 25.7 Å². The van der Waals surface area contributed by atoms with Gasteiger partial charge < -0.3 is 4.74 Å². The maximum Gasteiger partial charge on any atom is 0.308 e. The largest absolute Gasteiger partial charge is 0.461 e. The van der Waals surface area contributed by atoms with Crippen molar-refractivity contribution < 1.29 is 9.53 Å². The van der Waals surface area contributed by atoms with Crippen molar-refractivity contribution >= 4 is 5.97 Å². The second-order valence-electron chi connectivity index (χ2n) is 6.25. The van der Waals surface area contributed by atoms with Crippen LogP contribution in [0.3, 0.4) is 0 Å². The molecule has 2 heteroatoms. The lowest BCUT2D eigenvalue weighted by atomic mass is 9.76. The summed E-state index contributed by atoms with van der Waals surface area (Å²) in [4.78, 5) is 12.1. The van der Waals surface area contributed by atoms with Gasteiger partial charge in [0.25, 0.3) is 0 Å². The first-order chi connectivity index (χ1) is 9.66. The van der Waals surface area contributed by atoms with Crippen LogP contribution in [-0.4, -0.2) is 5.97 Å². The summed E-state index contributed by atoms with van der Waals surface area (Å²) < 4.78 is 5.43. The Labute approximate surface area is 122 Å². The van der Waals surface area contributed by atoms with Crippen LogP contribution in [0.15, 0.2) is 30.3 Å². The summed E-state index contributed by atoms with van der Waals surface area (Å²) in [5, 5.41) is 0. The fraction of sp³-hybridized carbons (Fsp3) is 0.611. The van der Waals surface area contributed by atoms with Gasteiger partial charge in [0.05, 0.1) is 5.92 Å². The number of ether oxygens (including phenoxy) is 1. The molecular weight excluding hydrogens is 248 g/mol. The molecule has 0 N–H and O–H groups in total. The van der Waals surface area contributed by atoms with E-state index < -0.39 is 0 Å². The number of benzene rings is 1. The predicted molar refractivity (Wildman–Crippen MR) is 81.1 cm³/mol. The van der Waals surface area contributed by atoms with Gasteiger partial charge in [0.2, 0.25) is 0 Å². The Hall–Kier alpha value is -1.31. The second kappa shape index (κ2) is 7.47. The van der Waals surface area contributed by atoms with E-state index >= 15 is 0 Å². The number of carbonyl (C=O) groups excluding carboxylic acids is 1. The molecule has 2 nitrogen and oxygen atoms in total. The molecule has 0 bridgehead atoms. The molecule has 1 aliphatic rings. The van der Waals surface area contributed by atoms with Gasteiger partial charge in [-0.05, 0) is 23.8 Å². The molecule has 1 aliphatic carbocycles. The first-order valence-corrected chi connectivity index (χ1v) is 7.87. The zero-order chi connectivity index (χ0) is 14.4. The molecule has 0 unspecified atom stereocenters. The Balaban J connectivity index is 1.77. The topological polar surface area (TPSA) is 26.3 Å². The minimum atomic E-state index is -0.0494. The number of carbonyl (C=O) groups is 1. The molecule has 0 amide bonds. The zero-order valence-corrected chi connectivity index (χ0v) is 12.7. The molecule has 1 aromatic carbocycles. The summed E-state index contributed by atoms with van der Waals surface area (Å²) in [6.07, 6.45) is 6.24. The van der Waals surface area contributed by atoms with E-state index in [2.05, 4.69) is 6.92 Å². The normalized spacial score (nSPS) is 24.1. The highest BCUT2D eigenvalue weighted by Crippen LogP contribution is 2.34. The molecule has 2 rings (SSSR count). The average molecular weight is 274 g/mol. The van der Waals surface area contributed by atoms with Crippen LogP contribution < -0.4 is 0 Å². The van der Waals surface area contributed by atoms with Crippen molar-refractivity contribution in [1.82, 2.24) is 0 Å². The fourth-order valence-corrected chi connectivity index (χ4v) is 3.16. The quantitative estimate of drug-likeness (QED) is 0.734. The van der Waals surface area contributed by atoms with E-state index in [9.17, 15) is 4.79 Å². The lowest BCUT2D eigenvalue weighted by Gasteiger charge is -2.30. The fourth-order valence-electron chi connectivity index (χ4n) is 3.16. The molecule has 1 aromatic rings. The Morgan fingerprint density at radius 2 is 1.95 bits per heavy atom. The van der Waals surface area contributed by atoms with Gasteiger partial charge in [0, 0.05) is 0 Å². The van der Waals surface area contributed by atoms with Crippen LogP contribution in [0.5, 0.6) is 0 Å². The van der Waals surface area contributed by atoms with E-state index in [0.717, 1.165) is 17.9 Å². The standard InChI is InChI=1S/C18H26O2/c1-14-8-6-7-11-17(14)12-15(2)18(19)20-13-16-9-4-3-5-10-16/h3-5,9-10,14-15,17H,6-8,11-13H2,1-2H3/t14-,15-,17-/m0/s1. The second-order valence-corrected chi connectivity index (χ2v) is 6.25. The highest BCUT2D eigenvalue weighted by atomic mass is 16.5. The Morgan fingerprint density at radius 1 is 1.25 bits per heavy atom. The zero-order valence-electron chi connectivity index (χ0n) is 12.7. The van der Waals surface area contributed by atoms with Gasteiger partial charge in [-0.15, -0.1) is 0 Å². The van der Waals surface area contributed by atoms with Crippen LogP contribution in [0.25, 0.3) is 0 Å². The van der Waals surface area contributed by atoms with Crippen LogP contribution in [0.2, 0.25) is 0 Å². The van der Waals surface area contributed by atoms with Gasteiger partial charge in [-0.1, -0.05) is 69.9 Å². The Kier molecular flexibility index (Phi) is 5.63. The van der Waals surface area contributed by atoms with Crippen LogP contribution in [0.4, 0.5) is 0 Å². The van der Waals surface area contributed by atoms with Crippen molar-refractivity contribution in [2.75, 3.05) is 0 Å². The minimum Gasteiger partial charge on any atom is -0.461 e. The number of rotatable bonds is 5. The van der Waals surface area contributed by atoms with E-state index in [0.29, 0.717) is 12.5 Å². The van der Waals surface area contributed by atoms with Gasteiger partial charge >= 0.3 is 5.97 Å². The van der Waals surface area contributed by atoms with E-state index in [1.807, 2.05) is 37.3 Å². The number of esters is 1. The molecule has 1 saturated carbocycles. The Morgan fingerprint density at radius 3 is 2.65 bits per heavy atom. The molecule has 3 atom stereocenters. The number of hydrogen-bond acceptors (Lipinski definition) is 2. The summed E-state index contributed by atoms with van der Waals surface area (Å²) in [7, 11) is 0. The minimum absolute atomic E-state index is 0.0178. The third kappa shape index (κ3) is 4.36. The van der Waals surface area contributed by atoms with Gasteiger partial charge in [0.15, 0.2) is 0 Å². The summed E-state index contributed by atoms with van der Waals surface area (Å²) in [6, 6.07) is 9.88. The summed E-state index contributed by atoms with van der Waals surface area (Å²) in [5.74, 6) is 1.42. The predicted octanol–water partition coefficient (Wildman–Crippen LogP) is 4.58. The van der Waals surface area contributed by atoms with E-state index in [1.54, 1.807) is 0 Å². The maximum atomic E-state index is 12.1. The monoisotopic (exact) mass is 274 g/mol. The van der Waals surface area contributed by atoms with Crippen LogP contribution in [0.1, 0.15) is 51.5 Å². The first-order valence-electron chi connectivity index (χ1n) is 7.87. The molecule has 20 heavy (non-hydrogen) atoms. The Bertz CT molecular complexity index is 413. The third-order valence-electron chi connectivity index (χ3n) is 4.57. The van der Waals surface area contributed by atoms with Crippen LogP contribution in [0, 0.1) is 17.8 Å². The van der Waals surface area contributed by atoms with Gasteiger partial charge in [-0.3, -0.25) is 4.79 Å². The average Bonchev–Trinajstić information content (AvgIpc) is 2.48. The molecule has 0 spiro atoms. The van der Waals surface area contributed by atoms with Crippen molar-refractivity contribution in [2.45, 2.75) is 52.6 Å². The molecule has 0 aliphatic heterocycles. The molecular formula is C18H26O2. The van der Waals surface area contributed by atoms with Crippen molar-refractivity contribution in [3.05, 3.63) is 35.9 Å². The third-order valence-corrected chi connectivity index (χ3v) is 4.57. The van der Waals surface area contributed by atoms with Crippen LogP contribution >= 0.6 is 0 Å². The highest BCUT2D eigenvalue weighted by molar-refractivity contribution is 5.72. The summed E-state index contributed by atoms with van der Waals surface area (Å²) >= 11 is 0. The lowest BCUT2D eigenvalue weighted by Crippen LogP contribution is -2.23. The van der Waals surface area contributed by atoms with Gasteiger partial charge in [0.1, 0.15) is 6.61 Å². The van der Waals surface area contributed by atoms with Crippen molar-refractivity contribution in [3.8, 4) is 0 Å². The molecule has 0 heterocycles. The van der Waals surface area contributed by atoms with Crippen molar-refractivity contribution in [2.24, 2.45) is 17.8 Å². The van der Waals surface area contributed by atoms with Gasteiger partial charge in [-0.25, -0.2) is 0 Å². The van der Waals surface area contributed by atoms with E-state index in [4.69, 9.17) is 4.74 Å². The molecule has 0 aromatic heterocycles. The van der Waals surface area contributed by atoms with Crippen LogP contribution in [-0.2, 0) is 16.1 Å².